The number of halogens is 1. The molecule has 1 N–H and O–H groups in total. The number of rotatable bonds is 6. The maximum Gasteiger partial charge on any atom is 0.341 e. The molecule has 6 nitrogen and oxygen atoms in total. The molecule has 2 aromatic rings. The van der Waals surface area contributed by atoms with Crippen LogP contribution in [0.4, 0.5) is 5.00 Å². The third-order valence-electron chi connectivity index (χ3n) is 4.30. The summed E-state index contributed by atoms with van der Waals surface area (Å²) in [7, 11) is 0. The van der Waals surface area contributed by atoms with Gasteiger partial charge >= 0.3 is 11.9 Å². The summed E-state index contributed by atoms with van der Waals surface area (Å²) >= 11 is 4.68. The Bertz CT molecular complexity index is 908. The molecule has 148 valence electrons. The van der Waals surface area contributed by atoms with E-state index in [1.165, 1.54) is 11.3 Å². The summed E-state index contributed by atoms with van der Waals surface area (Å²) in [4.78, 5) is 37.9. The maximum absolute atomic E-state index is 12.4. The molecule has 0 saturated heterocycles. The Morgan fingerprint density at radius 2 is 1.93 bits per heavy atom. The van der Waals surface area contributed by atoms with E-state index < -0.39 is 24.5 Å². The topological polar surface area (TPSA) is 81.7 Å². The van der Waals surface area contributed by atoms with Gasteiger partial charge in [0.25, 0.3) is 5.91 Å². The second-order valence-corrected chi connectivity index (χ2v) is 8.29. The van der Waals surface area contributed by atoms with E-state index in [0.717, 1.165) is 40.6 Å². The zero-order valence-electron chi connectivity index (χ0n) is 15.4. The lowest BCUT2D eigenvalue weighted by Gasteiger charge is -2.12. The van der Waals surface area contributed by atoms with Gasteiger partial charge in [-0.3, -0.25) is 4.79 Å². The molecular formula is C20H20BrNO5S. The van der Waals surface area contributed by atoms with Gasteiger partial charge in [0.1, 0.15) is 5.00 Å². The number of nitrogens with one attached hydrogen (secondary N) is 1. The van der Waals surface area contributed by atoms with E-state index in [1.54, 1.807) is 31.2 Å². The Hall–Kier alpha value is -2.19. The summed E-state index contributed by atoms with van der Waals surface area (Å²) in [6.07, 6.45) is 3.76. The third kappa shape index (κ3) is 4.80. The maximum atomic E-state index is 12.4. The molecule has 1 aliphatic carbocycles. The van der Waals surface area contributed by atoms with Gasteiger partial charge in [0.15, 0.2) is 6.61 Å². The minimum absolute atomic E-state index is 0.265. The first kappa shape index (κ1) is 20.5. The molecule has 1 aromatic carbocycles. The molecule has 8 heteroatoms. The first-order chi connectivity index (χ1) is 13.5. The first-order valence-corrected chi connectivity index (χ1v) is 10.6. The highest BCUT2D eigenvalue weighted by Gasteiger charge is 2.27. The Labute approximate surface area is 175 Å². The summed E-state index contributed by atoms with van der Waals surface area (Å²) in [5.74, 6) is -1.51. The molecule has 3 rings (SSSR count). The number of esters is 2. The lowest BCUT2D eigenvalue weighted by atomic mass is 9.95. The number of carbonyl (C=O) groups is 3. The third-order valence-corrected chi connectivity index (χ3v) is 6.00. The highest BCUT2D eigenvalue weighted by atomic mass is 79.9. The second kappa shape index (κ2) is 9.34. The van der Waals surface area contributed by atoms with Crippen LogP contribution in [0.15, 0.2) is 28.7 Å². The number of ether oxygens (including phenoxy) is 2. The van der Waals surface area contributed by atoms with Crippen LogP contribution in [-0.2, 0) is 27.1 Å². The molecule has 0 radical (unpaired) electrons. The van der Waals surface area contributed by atoms with E-state index in [2.05, 4.69) is 21.2 Å². The van der Waals surface area contributed by atoms with Crippen molar-refractivity contribution in [2.45, 2.75) is 32.6 Å². The quantitative estimate of drug-likeness (QED) is 0.640. The molecule has 0 aliphatic heterocycles. The number of hydrogen-bond donors (Lipinski definition) is 1. The molecule has 0 spiro atoms. The van der Waals surface area contributed by atoms with E-state index >= 15 is 0 Å². The average molecular weight is 466 g/mol. The molecule has 1 aliphatic rings. The Morgan fingerprint density at radius 1 is 1.14 bits per heavy atom. The SMILES string of the molecule is CCOC(=O)c1c(NC(=O)COC(=O)c2cccc(Br)c2)sc2c1CCCC2. The minimum atomic E-state index is -0.590. The summed E-state index contributed by atoms with van der Waals surface area (Å²) in [6, 6.07) is 6.73. The molecule has 0 saturated carbocycles. The molecule has 1 aromatic heterocycles. The number of fused-ring (bicyclic) bond motifs is 1. The normalized spacial score (nSPS) is 12.8. The van der Waals surface area contributed by atoms with Crippen molar-refractivity contribution in [2.75, 3.05) is 18.5 Å². The minimum Gasteiger partial charge on any atom is -0.462 e. The van der Waals surface area contributed by atoms with E-state index in [-0.39, 0.29) is 6.61 Å². The number of aryl methyl sites for hydroxylation is 1. The molecule has 1 amide bonds. The van der Waals surface area contributed by atoms with Crippen LogP contribution >= 0.6 is 27.3 Å². The standard InChI is InChI=1S/C20H20BrNO5S/c1-2-26-20(25)17-14-8-3-4-9-15(14)28-18(17)22-16(23)11-27-19(24)12-6-5-7-13(21)10-12/h5-7,10H,2-4,8-9,11H2,1H3,(H,22,23). The van der Waals surface area contributed by atoms with Crippen LogP contribution in [0.5, 0.6) is 0 Å². The number of carbonyl (C=O) groups excluding carboxylic acids is 3. The van der Waals surface area contributed by atoms with Crippen LogP contribution in [0.3, 0.4) is 0 Å². The monoisotopic (exact) mass is 465 g/mol. The van der Waals surface area contributed by atoms with Crippen LogP contribution in [-0.4, -0.2) is 31.1 Å². The van der Waals surface area contributed by atoms with Crippen molar-refractivity contribution in [3.63, 3.8) is 0 Å². The van der Waals surface area contributed by atoms with Crippen molar-refractivity contribution in [1.82, 2.24) is 0 Å². The lowest BCUT2D eigenvalue weighted by molar-refractivity contribution is -0.119. The number of hydrogen-bond acceptors (Lipinski definition) is 6. The number of thiophene rings is 1. The summed E-state index contributed by atoms with van der Waals surface area (Å²) in [5, 5.41) is 3.18. The largest absolute Gasteiger partial charge is 0.462 e. The molecular weight excluding hydrogens is 446 g/mol. The molecule has 0 atom stereocenters. The van der Waals surface area contributed by atoms with Gasteiger partial charge in [-0.2, -0.15) is 0 Å². The van der Waals surface area contributed by atoms with Gasteiger partial charge in [0.05, 0.1) is 17.7 Å². The van der Waals surface area contributed by atoms with Gasteiger partial charge in [0, 0.05) is 9.35 Å². The van der Waals surface area contributed by atoms with Crippen LogP contribution in [0.25, 0.3) is 0 Å². The summed E-state index contributed by atoms with van der Waals surface area (Å²) < 4.78 is 11.0. The number of anilines is 1. The van der Waals surface area contributed by atoms with Gasteiger partial charge in [-0.05, 0) is 56.4 Å². The fourth-order valence-electron chi connectivity index (χ4n) is 3.07. The first-order valence-electron chi connectivity index (χ1n) is 9.03. The van der Waals surface area contributed by atoms with E-state index in [1.807, 2.05) is 0 Å². The fraction of sp³-hybridized carbons (Fsp3) is 0.350. The van der Waals surface area contributed by atoms with Gasteiger partial charge < -0.3 is 14.8 Å². The van der Waals surface area contributed by atoms with Crippen LogP contribution in [0.2, 0.25) is 0 Å². The molecule has 28 heavy (non-hydrogen) atoms. The fourth-order valence-corrected chi connectivity index (χ4v) is 4.76. The van der Waals surface area contributed by atoms with Crippen molar-refractivity contribution in [2.24, 2.45) is 0 Å². The average Bonchev–Trinajstić information content (AvgIpc) is 3.04. The van der Waals surface area contributed by atoms with Crippen molar-refractivity contribution in [1.29, 1.82) is 0 Å². The van der Waals surface area contributed by atoms with Gasteiger partial charge in [-0.1, -0.05) is 22.0 Å². The van der Waals surface area contributed by atoms with Crippen LogP contribution in [0.1, 0.15) is 50.9 Å². The predicted octanol–water partition coefficient (Wildman–Crippen LogP) is 4.36. The zero-order valence-corrected chi connectivity index (χ0v) is 17.8. The molecule has 0 bridgehead atoms. The van der Waals surface area contributed by atoms with Crippen molar-refractivity contribution in [3.8, 4) is 0 Å². The highest BCUT2D eigenvalue weighted by Crippen LogP contribution is 2.38. The Morgan fingerprint density at radius 3 is 2.68 bits per heavy atom. The molecule has 1 heterocycles. The Kier molecular flexibility index (Phi) is 6.85. The van der Waals surface area contributed by atoms with Crippen LogP contribution in [0, 0.1) is 0 Å². The van der Waals surface area contributed by atoms with E-state index in [0.29, 0.717) is 16.1 Å². The van der Waals surface area contributed by atoms with Crippen molar-refractivity contribution < 1.29 is 23.9 Å². The second-order valence-electron chi connectivity index (χ2n) is 6.27. The summed E-state index contributed by atoms with van der Waals surface area (Å²) in [6.45, 7) is 1.58. The van der Waals surface area contributed by atoms with Gasteiger partial charge in [-0.25, -0.2) is 9.59 Å². The van der Waals surface area contributed by atoms with E-state index in [9.17, 15) is 14.4 Å². The zero-order chi connectivity index (χ0) is 20.1. The van der Waals surface area contributed by atoms with Gasteiger partial charge in [-0.15, -0.1) is 11.3 Å². The van der Waals surface area contributed by atoms with Crippen molar-refractivity contribution >= 4 is 50.1 Å². The van der Waals surface area contributed by atoms with Crippen LogP contribution < -0.4 is 5.32 Å². The molecule has 0 unspecified atom stereocenters. The summed E-state index contributed by atoms with van der Waals surface area (Å²) in [5.41, 5.74) is 1.75. The predicted molar refractivity (Wildman–Crippen MR) is 110 cm³/mol. The van der Waals surface area contributed by atoms with E-state index in [4.69, 9.17) is 9.47 Å². The van der Waals surface area contributed by atoms with Gasteiger partial charge in [0.2, 0.25) is 0 Å². The number of benzene rings is 1. The molecule has 0 fully saturated rings. The Balaban J connectivity index is 1.69. The lowest BCUT2D eigenvalue weighted by Crippen LogP contribution is -2.22. The smallest absolute Gasteiger partial charge is 0.341 e. The van der Waals surface area contributed by atoms with Crippen molar-refractivity contribution in [3.05, 3.63) is 50.3 Å². The number of amides is 1. The highest BCUT2D eigenvalue weighted by molar-refractivity contribution is 9.10.